The standard InChI is InChI=1S/C22H24Cl2N2O3/c1-16-4-6-17(7-5-16)22(28)26-12-10-25(11-13-26)21(27)3-2-14-29-20-9-8-18(23)15-19(20)24/h4-9,15H,2-3,10-14H2,1H3. The molecule has 2 aromatic rings. The SMILES string of the molecule is Cc1ccc(C(=O)N2CCN(C(=O)CCCOc3ccc(Cl)cc3Cl)CC2)cc1. The molecule has 0 spiro atoms. The molecule has 1 saturated heterocycles. The molecule has 154 valence electrons. The molecule has 0 saturated carbocycles. The number of amides is 2. The van der Waals surface area contributed by atoms with Gasteiger partial charge in [0.15, 0.2) is 0 Å². The summed E-state index contributed by atoms with van der Waals surface area (Å²) in [7, 11) is 0. The molecule has 1 heterocycles. The minimum Gasteiger partial charge on any atom is -0.492 e. The average molecular weight is 435 g/mol. The van der Waals surface area contributed by atoms with E-state index in [4.69, 9.17) is 27.9 Å². The van der Waals surface area contributed by atoms with Crippen molar-refractivity contribution in [3.05, 3.63) is 63.6 Å². The lowest BCUT2D eigenvalue weighted by atomic mass is 10.1. The monoisotopic (exact) mass is 434 g/mol. The van der Waals surface area contributed by atoms with Crippen molar-refractivity contribution in [2.24, 2.45) is 0 Å². The number of ether oxygens (including phenoxy) is 1. The topological polar surface area (TPSA) is 49.9 Å². The number of benzene rings is 2. The van der Waals surface area contributed by atoms with Crippen LogP contribution in [0.25, 0.3) is 0 Å². The fraction of sp³-hybridized carbons (Fsp3) is 0.364. The van der Waals surface area contributed by atoms with Gasteiger partial charge in [-0.25, -0.2) is 0 Å². The van der Waals surface area contributed by atoms with Gasteiger partial charge in [0.05, 0.1) is 11.6 Å². The number of hydrogen-bond donors (Lipinski definition) is 0. The minimum absolute atomic E-state index is 0.0188. The second kappa shape index (κ2) is 9.99. The summed E-state index contributed by atoms with van der Waals surface area (Å²) in [6.45, 7) is 4.61. The van der Waals surface area contributed by atoms with Crippen molar-refractivity contribution >= 4 is 35.0 Å². The van der Waals surface area contributed by atoms with Crippen molar-refractivity contribution in [1.29, 1.82) is 0 Å². The summed E-state index contributed by atoms with van der Waals surface area (Å²) >= 11 is 11.9. The van der Waals surface area contributed by atoms with Crippen molar-refractivity contribution in [3.63, 3.8) is 0 Å². The predicted molar refractivity (Wildman–Crippen MR) is 115 cm³/mol. The maximum Gasteiger partial charge on any atom is 0.253 e. The Morgan fingerprint density at radius 2 is 1.62 bits per heavy atom. The number of hydrogen-bond acceptors (Lipinski definition) is 3. The highest BCUT2D eigenvalue weighted by atomic mass is 35.5. The third-order valence-electron chi connectivity index (χ3n) is 4.90. The summed E-state index contributed by atoms with van der Waals surface area (Å²) < 4.78 is 5.62. The molecule has 0 atom stereocenters. The van der Waals surface area contributed by atoms with E-state index in [0.29, 0.717) is 67.0 Å². The lowest BCUT2D eigenvalue weighted by molar-refractivity contribution is -0.132. The molecule has 1 aliphatic heterocycles. The van der Waals surface area contributed by atoms with Crippen LogP contribution < -0.4 is 4.74 Å². The molecule has 0 aliphatic carbocycles. The van der Waals surface area contributed by atoms with Crippen LogP contribution in [0.15, 0.2) is 42.5 Å². The maximum atomic E-state index is 12.6. The molecular formula is C22H24Cl2N2O3. The fourth-order valence-corrected chi connectivity index (χ4v) is 3.66. The third-order valence-corrected chi connectivity index (χ3v) is 5.44. The lowest BCUT2D eigenvalue weighted by Gasteiger charge is -2.35. The highest BCUT2D eigenvalue weighted by Crippen LogP contribution is 2.27. The fourth-order valence-electron chi connectivity index (χ4n) is 3.19. The zero-order chi connectivity index (χ0) is 20.8. The summed E-state index contributed by atoms with van der Waals surface area (Å²) in [5.41, 5.74) is 1.81. The molecule has 0 bridgehead atoms. The highest BCUT2D eigenvalue weighted by Gasteiger charge is 2.24. The molecule has 2 aromatic carbocycles. The first-order valence-electron chi connectivity index (χ1n) is 9.65. The summed E-state index contributed by atoms with van der Waals surface area (Å²) in [5.74, 6) is 0.662. The number of halogens is 2. The summed E-state index contributed by atoms with van der Waals surface area (Å²) in [4.78, 5) is 28.6. The van der Waals surface area contributed by atoms with Crippen LogP contribution in [-0.4, -0.2) is 54.4 Å². The number of piperazine rings is 1. The summed E-state index contributed by atoms with van der Waals surface area (Å²) in [6.07, 6.45) is 0.997. The number of carbonyl (C=O) groups excluding carboxylic acids is 2. The van der Waals surface area contributed by atoms with E-state index in [-0.39, 0.29) is 11.8 Å². The van der Waals surface area contributed by atoms with Crippen LogP contribution in [0.1, 0.15) is 28.8 Å². The van der Waals surface area contributed by atoms with E-state index >= 15 is 0 Å². The van der Waals surface area contributed by atoms with Crippen molar-refractivity contribution in [2.75, 3.05) is 32.8 Å². The number of nitrogens with zero attached hydrogens (tertiary/aromatic N) is 2. The Bertz CT molecular complexity index is 863. The molecule has 3 rings (SSSR count). The normalized spacial score (nSPS) is 14.0. The number of carbonyl (C=O) groups is 2. The molecule has 2 amide bonds. The summed E-state index contributed by atoms with van der Waals surface area (Å²) in [6, 6.07) is 12.6. The zero-order valence-corrected chi connectivity index (χ0v) is 17.9. The molecule has 0 N–H and O–H groups in total. The van der Waals surface area contributed by atoms with Gasteiger partial charge in [0.1, 0.15) is 5.75 Å². The van der Waals surface area contributed by atoms with Crippen molar-refractivity contribution < 1.29 is 14.3 Å². The van der Waals surface area contributed by atoms with E-state index in [1.54, 1.807) is 23.1 Å². The molecule has 0 radical (unpaired) electrons. The Balaban J connectivity index is 1.39. The highest BCUT2D eigenvalue weighted by molar-refractivity contribution is 6.35. The van der Waals surface area contributed by atoms with Gasteiger partial charge in [-0.2, -0.15) is 0 Å². The van der Waals surface area contributed by atoms with Gasteiger partial charge in [-0.05, 0) is 43.7 Å². The molecule has 0 unspecified atom stereocenters. The van der Waals surface area contributed by atoms with Gasteiger partial charge < -0.3 is 14.5 Å². The third kappa shape index (κ3) is 5.87. The first-order chi connectivity index (χ1) is 13.9. The van der Waals surface area contributed by atoms with Gasteiger partial charge in [0.25, 0.3) is 5.91 Å². The quantitative estimate of drug-likeness (QED) is 0.631. The molecule has 0 aromatic heterocycles. The Morgan fingerprint density at radius 3 is 2.28 bits per heavy atom. The van der Waals surface area contributed by atoms with Gasteiger partial charge in [-0.3, -0.25) is 9.59 Å². The van der Waals surface area contributed by atoms with Crippen LogP contribution in [0.4, 0.5) is 0 Å². The van der Waals surface area contributed by atoms with E-state index in [0.717, 1.165) is 5.56 Å². The minimum atomic E-state index is 0.0188. The van der Waals surface area contributed by atoms with Crippen LogP contribution in [0.2, 0.25) is 10.0 Å². The smallest absolute Gasteiger partial charge is 0.253 e. The summed E-state index contributed by atoms with van der Waals surface area (Å²) in [5, 5.41) is 1.01. The lowest BCUT2D eigenvalue weighted by Crippen LogP contribution is -2.50. The second-order valence-electron chi connectivity index (χ2n) is 7.07. The maximum absolute atomic E-state index is 12.6. The van der Waals surface area contributed by atoms with Crippen LogP contribution in [-0.2, 0) is 4.79 Å². The van der Waals surface area contributed by atoms with E-state index in [1.807, 2.05) is 36.1 Å². The Labute approximate surface area is 181 Å². The Morgan fingerprint density at radius 1 is 0.966 bits per heavy atom. The van der Waals surface area contributed by atoms with Crippen molar-refractivity contribution in [3.8, 4) is 5.75 Å². The average Bonchev–Trinajstić information content (AvgIpc) is 2.72. The van der Waals surface area contributed by atoms with E-state index in [2.05, 4.69) is 0 Å². The molecule has 7 heteroatoms. The van der Waals surface area contributed by atoms with E-state index < -0.39 is 0 Å². The van der Waals surface area contributed by atoms with E-state index in [1.165, 1.54) is 0 Å². The molecule has 29 heavy (non-hydrogen) atoms. The molecular weight excluding hydrogens is 411 g/mol. The second-order valence-corrected chi connectivity index (χ2v) is 7.91. The van der Waals surface area contributed by atoms with Crippen LogP contribution >= 0.6 is 23.2 Å². The zero-order valence-electron chi connectivity index (χ0n) is 16.4. The molecule has 1 aliphatic rings. The van der Waals surface area contributed by atoms with Crippen molar-refractivity contribution in [2.45, 2.75) is 19.8 Å². The number of aryl methyl sites for hydroxylation is 1. The molecule has 1 fully saturated rings. The van der Waals surface area contributed by atoms with Crippen LogP contribution in [0.3, 0.4) is 0 Å². The van der Waals surface area contributed by atoms with Gasteiger partial charge in [-0.1, -0.05) is 40.9 Å². The molecule has 5 nitrogen and oxygen atoms in total. The predicted octanol–water partition coefficient (Wildman–Crippen LogP) is 4.45. The van der Waals surface area contributed by atoms with E-state index in [9.17, 15) is 9.59 Å². The first-order valence-corrected chi connectivity index (χ1v) is 10.4. The Hall–Kier alpha value is -2.24. The number of rotatable bonds is 6. The first kappa shape index (κ1) is 21.5. The van der Waals surface area contributed by atoms with Gasteiger partial charge in [0, 0.05) is 43.2 Å². The van der Waals surface area contributed by atoms with Crippen molar-refractivity contribution in [1.82, 2.24) is 9.80 Å². The van der Waals surface area contributed by atoms with Crippen LogP contribution in [0, 0.1) is 6.92 Å². The van der Waals surface area contributed by atoms with Gasteiger partial charge >= 0.3 is 0 Å². The van der Waals surface area contributed by atoms with Crippen LogP contribution in [0.5, 0.6) is 5.75 Å². The van der Waals surface area contributed by atoms with Gasteiger partial charge in [-0.15, -0.1) is 0 Å². The van der Waals surface area contributed by atoms with Gasteiger partial charge in [0.2, 0.25) is 5.91 Å². The largest absolute Gasteiger partial charge is 0.492 e. The Kier molecular flexibility index (Phi) is 7.40.